The van der Waals surface area contributed by atoms with E-state index in [0.29, 0.717) is 23.7 Å². The third-order valence-corrected chi connectivity index (χ3v) is 6.66. The van der Waals surface area contributed by atoms with Crippen molar-refractivity contribution in [2.75, 3.05) is 49.6 Å². The Labute approximate surface area is 208 Å². The molecule has 2 saturated heterocycles. The summed E-state index contributed by atoms with van der Waals surface area (Å²) in [6.07, 6.45) is 8.31. The Bertz CT molecular complexity index is 978. The molecule has 188 valence electrons. The lowest BCUT2D eigenvalue weighted by Crippen LogP contribution is -2.38. The normalized spacial score (nSPS) is 16.4. The topological polar surface area (TPSA) is 71.1 Å². The van der Waals surface area contributed by atoms with Crippen molar-refractivity contribution in [3.8, 4) is 11.5 Å². The molecule has 0 bridgehead atoms. The standard InChI is InChI=1S/C28H37N3O4/c1-2-34-26-20-22(10-15-25(26)35-21-27(32)31-18-8-5-9-19-31)28(33)29-23-11-13-24(14-12-23)30-16-6-3-4-7-17-30/h10-15,20H,2-9,16-19,21H2,1H3,(H,29,33). The SMILES string of the molecule is CCOc1cc(C(=O)Nc2ccc(N3CCCCCC3)cc2)ccc1OCC(=O)N1CCCCC1. The lowest BCUT2D eigenvalue weighted by atomic mass is 10.1. The molecule has 7 nitrogen and oxygen atoms in total. The molecule has 2 aromatic rings. The zero-order chi connectivity index (χ0) is 24.5. The number of rotatable bonds is 8. The highest BCUT2D eigenvalue weighted by Gasteiger charge is 2.19. The van der Waals surface area contributed by atoms with Gasteiger partial charge in [-0.1, -0.05) is 12.8 Å². The largest absolute Gasteiger partial charge is 0.490 e. The average molecular weight is 480 g/mol. The number of hydrogen-bond donors (Lipinski definition) is 1. The summed E-state index contributed by atoms with van der Waals surface area (Å²) in [6.45, 7) is 6.03. The summed E-state index contributed by atoms with van der Waals surface area (Å²) < 4.78 is 11.5. The maximum absolute atomic E-state index is 12.9. The van der Waals surface area contributed by atoms with Crippen molar-refractivity contribution in [3.63, 3.8) is 0 Å². The highest BCUT2D eigenvalue weighted by atomic mass is 16.5. The number of hydrogen-bond acceptors (Lipinski definition) is 5. The number of benzene rings is 2. The zero-order valence-electron chi connectivity index (χ0n) is 20.8. The number of likely N-dealkylation sites (tertiary alicyclic amines) is 1. The first-order valence-corrected chi connectivity index (χ1v) is 13.0. The molecule has 2 aliphatic rings. The van der Waals surface area contributed by atoms with E-state index in [1.165, 1.54) is 37.8 Å². The van der Waals surface area contributed by atoms with Crippen LogP contribution in [0.3, 0.4) is 0 Å². The Balaban J connectivity index is 1.37. The Morgan fingerprint density at radius 1 is 0.800 bits per heavy atom. The van der Waals surface area contributed by atoms with Gasteiger partial charge < -0.3 is 24.6 Å². The van der Waals surface area contributed by atoms with Gasteiger partial charge in [-0.25, -0.2) is 0 Å². The van der Waals surface area contributed by atoms with E-state index < -0.39 is 0 Å². The van der Waals surface area contributed by atoms with Gasteiger partial charge in [0.1, 0.15) is 0 Å². The molecule has 0 aliphatic carbocycles. The molecule has 2 fully saturated rings. The smallest absolute Gasteiger partial charge is 0.260 e. The number of amides is 2. The van der Waals surface area contributed by atoms with Gasteiger partial charge in [0, 0.05) is 43.1 Å². The second-order valence-corrected chi connectivity index (χ2v) is 9.23. The number of carbonyl (C=O) groups excluding carboxylic acids is 2. The van der Waals surface area contributed by atoms with E-state index >= 15 is 0 Å². The molecule has 2 aromatic carbocycles. The van der Waals surface area contributed by atoms with Crippen LogP contribution in [0.1, 0.15) is 62.2 Å². The van der Waals surface area contributed by atoms with Gasteiger partial charge in [-0.2, -0.15) is 0 Å². The van der Waals surface area contributed by atoms with Crippen molar-refractivity contribution < 1.29 is 19.1 Å². The third-order valence-electron chi connectivity index (χ3n) is 6.66. The van der Waals surface area contributed by atoms with Gasteiger partial charge in [0.25, 0.3) is 11.8 Å². The molecule has 4 rings (SSSR count). The molecular weight excluding hydrogens is 442 g/mol. The van der Waals surface area contributed by atoms with Gasteiger partial charge in [-0.3, -0.25) is 9.59 Å². The van der Waals surface area contributed by atoms with Crippen LogP contribution in [0.4, 0.5) is 11.4 Å². The number of piperidine rings is 1. The highest BCUT2D eigenvalue weighted by Crippen LogP contribution is 2.29. The van der Waals surface area contributed by atoms with Crippen LogP contribution in [0.15, 0.2) is 42.5 Å². The van der Waals surface area contributed by atoms with Gasteiger partial charge in [-0.15, -0.1) is 0 Å². The van der Waals surface area contributed by atoms with E-state index in [1.807, 2.05) is 24.0 Å². The monoisotopic (exact) mass is 479 g/mol. The molecule has 0 atom stereocenters. The molecule has 0 saturated carbocycles. The molecule has 2 aliphatic heterocycles. The zero-order valence-corrected chi connectivity index (χ0v) is 20.8. The van der Waals surface area contributed by atoms with Crippen LogP contribution in [0, 0.1) is 0 Å². The molecule has 2 heterocycles. The van der Waals surface area contributed by atoms with Crippen molar-refractivity contribution >= 4 is 23.2 Å². The van der Waals surface area contributed by atoms with Crippen LogP contribution in [-0.2, 0) is 4.79 Å². The highest BCUT2D eigenvalue weighted by molar-refractivity contribution is 6.04. The van der Waals surface area contributed by atoms with E-state index in [0.717, 1.165) is 44.7 Å². The lowest BCUT2D eigenvalue weighted by Gasteiger charge is -2.26. The second-order valence-electron chi connectivity index (χ2n) is 9.23. The third kappa shape index (κ3) is 6.90. The van der Waals surface area contributed by atoms with Crippen LogP contribution in [0.2, 0.25) is 0 Å². The Hall–Kier alpha value is -3.22. The summed E-state index contributed by atoms with van der Waals surface area (Å²) in [5.74, 6) is 0.695. The molecule has 7 heteroatoms. The minimum Gasteiger partial charge on any atom is -0.490 e. The predicted molar refractivity (Wildman–Crippen MR) is 139 cm³/mol. The van der Waals surface area contributed by atoms with Crippen LogP contribution in [-0.4, -0.2) is 56.1 Å². The number of ether oxygens (including phenoxy) is 2. The molecular formula is C28H37N3O4. The van der Waals surface area contributed by atoms with Crippen LogP contribution in [0.25, 0.3) is 0 Å². The predicted octanol–water partition coefficient (Wildman–Crippen LogP) is 5.11. The summed E-state index contributed by atoms with van der Waals surface area (Å²) in [6, 6.07) is 13.1. The molecule has 0 unspecified atom stereocenters. The van der Waals surface area contributed by atoms with Crippen LogP contribution < -0.4 is 19.7 Å². The van der Waals surface area contributed by atoms with Gasteiger partial charge in [0.2, 0.25) is 0 Å². The van der Waals surface area contributed by atoms with Crippen LogP contribution >= 0.6 is 0 Å². The lowest BCUT2D eigenvalue weighted by molar-refractivity contribution is -0.134. The van der Waals surface area contributed by atoms with Gasteiger partial charge in [0.15, 0.2) is 18.1 Å². The second kappa shape index (κ2) is 12.5. The maximum Gasteiger partial charge on any atom is 0.260 e. The first-order valence-electron chi connectivity index (χ1n) is 13.0. The number of nitrogens with one attached hydrogen (secondary N) is 1. The first-order chi connectivity index (χ1) is 17.1. The summed E-state index contributed by atoms with van der Waals surface area (Å²) in [5.41, 5.74) is 2.42. The molecule has 0 aromatic heterocycles. The number of nitrogens with zero attached hydrogens (tertiary/aromatic N) is 2. The average Bonchev–Trinajstić information content (AvgIpc) is 3.18. The van der Waals surface area contributed by atoms with Gasteiger partial charge in [-0.05, 0) is 81.5 Å². The van der Waals surface area contributed by atoms with Crippen LogP contribution in [0.5, 0.6) is 11.5 Å². The summed E-state index contributed by atoms with van der Waals surface area (Å²) in [7, 11) is 0. The first kappa shape index (κ1) is 24.9. The number of anilines is 2. The maximum atomic E-state index is 12.9. The molecule has 35 heavy (non-hydrogen) atoms. The molecule has 0 radical (unpaired) electrons. The Morgan fingerprint density at radius 3 is 2.14 bits per heavy atom. The van der Waals surface area contributed by atoms with E-state index in [1.54, 1.807) is 18.2 Å². The fourth-order valence-corrected chi connectivity index (χ4v) is 4.70. The van der Waals surface area contributed by atoms with Gasteiger partial charge in [0.05, 0.1) is 6.61 Å². The molecule has 2 amide bonds. The molecule has 1 N–H and O–H groups in total. The number of carbonyl (C=O) groups is 2. The van der Waals surface area contributed by atoms with E-state index in [2.05, 4.69) is 22.3 Å². The fourth-order valence-electron chi connectivity index (χ4n) is 4.70. The molecule has 0 spiro atoms. The van der Waals surface area contributed by atoms with Crippen molar-refractivity contribution in [2.45, 2.75) is 51.9 Å². The van der Waals surface area contributed by atoms with E-state index in [9.17, 15) is 9.59 Å². The Kier molecular flexibility index (Phi) is 8.87. The van der Waals surface area contributed by atoms with E-state index in [4.69, 9.17) is 9.47 Å². The van der Waals surface area contributed by atoms with Gasteiger partial charge >= 0.3 is 0 Å². The summed E-state index contributed by atoms with van der Waals surface area (Å²) >= 11 is 0. The van der Waals surface area contributed by atoms with Crippen molar-refractivity contribution in [1.82, 2.24) is 4.90 Å². The Morgan fingerprint density at radius 2 is 1.46 bits per heavy atom. The summed E-state index contributed by atoms with van der Waals surface area (Å²) in [5, 5.41) is 2.97. The quantitative estimate of drug-likeness (QED) is 0.570. The minimum absolute atomic E-state index is 0.0161. The van der Waals surface area contributed by atoms with Crippen molar-refractivity contribution in [2.24, 2.45) is 0 Å². The minimum atomic E-state index is -0.218. The van der Waals surface area contributed by atoms with Crippen molar-refractivity contribution in [3.05, 3.63) is 48.0 Å². The van der Waals surface area contributed by atoms with Crippen molar-refractivity contribution in [1.29, 1.82) is 0 Å². The summed E-state index contributed by atoms with van der Waals surface area (Å²) in [4.78, 5) is 29.6. The fraction of sp³-hybridized carbons (Fsp3) is 0.500. The van der Waals surface area contributed by atoms with E-state index in [-0.39, 0.29) is 18.4 Å².